The molecule has 0 unspecified atom stereocenters. The van der Waals surface area contributed by atoms with Crippen LogP contribution in [0.4, 0.5) is 0 Å². The Morgan fingerprint density at radius 3 is 2.41 bits per heavy atom. The first kappa shape index (κ1) is 23.1. The summed E-state index contributed by atoms with van der Waals surface area (Å²) in [6.07, 6.45) is 7.18. The van der Waals surface area contributed by atoms with Gasteiger partial charge in [0.15, 0.2) is 0 Å². The Hall–Kier alpha value is -2.71. The van der Waals surface area contributed by atoms with Crippen molar-refractivity contribution in [2.75, 3.05) is 26.2 Å². The van der Waals surface area contributed by atoms with Crippen molar-refractivity contribution in [3.63, 3.8) is 0 Å². The highest BCUT2D eigenvalue weighted by Crippen LogP contribution is 2.32. The van der Waals surface area contributed by atoms with Gasteiger partial charge in [-0.1, -0.05) is 25.1 Å². The topological polar surface area (TPSA) is 75.0 Å². The monoisotopic (exact) mass is 480 g/mol. The van der Waals surface area contributed by atoms with Gasteiger partial charge >= 0.3 is 0 Å². The molecule has 5 rings (SSSR count). The number of rotatable bonds is 4. The Morgan fingerprint density at radius 2 is 1.71 bits per heavy atom. The summed E-state index contributed by atoms with van der Waals surface area (Å²) in [5, 5.41) is 4.40. The Bertz CT molecular complexity index is 1300. The average Bonchev–Trinajstić information content (AvgIpc) is 3.27. The first-order chi connectivity index (χ1) is 16.3. The maximum absolute atomic E-state index is 13.2. The van der Waals surface area contributed by atoms with Crippen LogP contribution in [-0.4, -0.2) is 59.3 Å². The zero-order chi connectivity index (χ0) is 23.9. The number of carbonyl (C=O) groups is 1. The number of hydrogen-bond acceptors (Lipinski definition) is 4. The quantitative estimate of drug-likeness (QED) is 0.564. The standard InChI is InChI=1S/C26H32N4O3S/c1-19-7-12-28(13-8-19)26(31)23-18-27-30-16-11-22(17-24(23)30)21-9-14-29(15-10-21)34(32,33)25-6-4-3-5-20(25)2/h3-6,11,16-19,21H,7-10,12-15H2,1-2H3. The van der Waals surface area contributed by atoms with E-state index in [-0.39, 0.29) is 11.8 Å². The molecule has 0 radical (unpaired) electrons. The fourth-order valence-corrected chi connectivity index (χ4v) is 6.91. The van der Waals surface area contributed by atoms with Crippen LogP contribution in [0.1, 0.15) is 60.0 Å². The Balaban J connectivity index is 1.32. The third-order valence-electron chi connectivity index (χ3n) is 7.48. The molecular formula is C26H32N4O3S. The maximum Gasteiger partial charge on any atom is 0.257 e. The van der Waals surface area contributed by atoms with Gasteiger partial charge in [0.1, 0.15) is 0 Å². The number of aryl methyl sites for hydroxylation is 1. The molecule has 0 bridgehead atoms. The molecule has 2 aliphatic heterocycles. The molecule has 0 atom stereocenters. The molecule has 4 heterocycles. The van der Waals surface area contributed by atoms with E-state index in [0.29, 0.717) is 29.5 Å². The molecule has 7 nitrogen and oxygen atoms in total. The molecule has 2 fully saturated rings. The summed E-state index contributed by atoms with van der Waals surface area (Å²) in [6, 6.07) is 11.3. The van der Waals surface area contributed by atoms with Crippen molar-refractivity contribution in [2.45, 2.75) is 50.3 Å². The second-order valence-corrected chi connectivity index (χ2v) is 11.7. The lowest BCUT2D eigenvalue weighted by Gasteiger charge is -2.32. The van der Waals surface area contributed by atoms with E-state index >= 15 is 0 Å². The lowest BCUT2D eigenvalue weighted by molar-refractivity contribution is 0.0699. The minimum atomic E-state index is -3.49. The Kier molecular flexibility index (Phi) is 6.20. The Morgan fingerprint density at radius 1 is 1.00 bits per heavy atom. The molecule has 0 saturated carbocycles. The van der Waals surface area contributed by atoms with Crippen LogP contribution in [0, 0.1) is 12.8 Å². The predicted octanol–water partition coefficient (Wildman–Crippen LogP) is 4.08. The van der Waals surface area contributed by atoms with E-state index < -0.39 is 10.0 Å². The average molecular weight is 481 g/mol. The van der Waals surface area contributed by atoms with Gasteiger partial charge in [-0.15, -0.1) is 0 Å². The zero-order valence-corrected chi connectivity index (χ0v) is 20.7. The van der Waals surface area contributed by atoms with E-state index in [1.807, 2.05) is 36.2 Å². The number of carbonyl (C=O) groups excluding carboxylic acids is 1. The number of pyridine rings is 1. The summed E-state index contributed by atoms with van der Waals surface area (Å²) in [7, 11) is -3.49. The number of fused-ring (bicyclic) bond motifs is 1. The Labute approximate surface area is 201 Å². The molecule has 8 heteroatoms. The van der Waals surface area contributed by atoms with E-state index in [2.05, 4.69) is 18.1 Å². The minimum absolute atomic E-state index is 0.0539. The molecule has 2 aromatic heterocycles. The van der Waals surface area contributed by atoms with Crippen molar-refractivity contribution in [3.8, 4) is 0 Å². The van der Waals surface area contributed by atoms with Gasteiger partial charge in [0.2, 0.25) is 10.0 Å². The van der Waals surface area contributed by atoms with E-state index in [4.69, 9.17) is 0 Å². The van der Waals surface area contributed by atoms with Crippen LogP contribution in [0.5, 0.6) is 0 Å². The van der Waals surface area contributed by atoms with E-state index in [9.17, 15) is 13.2 Å². The fraction of sp³-hybridized carbons (Fsp3) is 0.462. The molecule has 1 amide bonds. The van der Waals surface area contributed by atoms with E-state index in [1.165, 1.54) is 0 Å². The van der Waals surface area contributed by atoms with Crippen molar-refractivity contribution in [3.05, 3.63) is 65.5 Å². The zero-order valence-electron chi connectivity index (χ0n) is 19.9. The lowest BCUT2D eigenvalue weighted by Crippen LogP contribution is -2.38. The molecule has 0 aliphatic carbocycles. The fourth-order valence-electron chi connectivity index (χ4n) is 5.21. The van der Waals surface area contributed by atoms with Crippen LogP contribution in [0.25, 0.3) is 5.52 Å². The minimum Gasteiger partial charge on any atom is -0.339 e. The third-order valence-corrected chi connectivity index (χ3v) is 9.54. The summed E-state index contributed by atoms with van der Waals surface area (Å²) < 4.78 is 29.7. The van der Waals surface area contributed by atoms with E-state index in [0.717, 1.165) is 55.4 Å². The van der Waals surface area contributed by atoms with Crippen LogP contribution < -0.4 is 0 Å². The molecule has 2 aliphatic rings. The van der Waals surface area contributed by atoms with Gasteiger partial charge in [-0.2, -0.15) is 9.40 Å². The van der Waals surface area contributed by atoms with Crippen molar-refractivity contribution in [2.24, 2.45) is 5.92 Å². The van der Waals surface area contributed by atoms with Crippen LogP contribution >= 0.6 is 0 Å². The number of benzene rings is 1. The maximum atomic E-state index is 13.2. The molecule has 180 valence electrons. The number of aromatic nitrogens is 2. The molecule has 3 aromatic rings. The van der Waals surface area contributed by atoms with Crippen molar-refractivity contribution >= 4 is 21.4 Å². The number of piperidine rings is 2. The first-order valence-corrected chi connectivity index (χ1v) is 13.6. The summed E-state index contributed by atoms with van der Waals surface area (Å²) in [5.41, 5.74) is 3.39. The van der Waals surface area contributed by atoms with Crippen molar-refractivity contribution in [1.82, 2.24) is 18.8 Å². The molecule has 2 saturated heterocycles. The highest BCUT2D eigenvalue weighted by Gasteiger charge is 2.31. The summed E-state index contributed by atoms with van der Waals surface area (Å²) in [5.74, 6) is 0.972. The summed E-state index contributed by atoms with van der Waals surface area (Å²) in [4.78, 5) is 15.5. The number of amides is 1. The highest BCUT2D eigenvalue weighted by molar-refractivity contribution is 7.89. The van der Waals surface area contributed by atoms with Gasteiger partial charge in [-0.05, 0) is 73.8 Å². The number of nitrogens with zero attached hydrogens (tertiary/aromatic N) is 4. The normalized spacial score (nSPS) is 19.1. The van der Waals surface area contributed by atoms with Gasteiger partial charge < -0.3 is 4.90 Å². The highest BCUT2D eigenvalue weighted by atomic mass is 32.2. The van der Waals surface area contributed by atoms with Crippen molar-refractivity contribution < 1.29 is 13.2 Å². The SMILES string of the molecule is Cc1ccccc1S(=O)(=O)N1CCC(c2ccn3ncc(C(=O)N4CCC(C)CC4)c3c2)CC1. The first-order valence-electron chi connectivity index (χ1n) is 12.2. The largest absolute Gasteiger partial charge is 0.339 e. The van der Waals surface area contributed by atoms with Gasteiger partial charge in [0.25, 0.3) is 5.91 Å². The lowest BCUT2D eigenvalue weighted by atomic mass is 9.90. The number of sulfonamides is 1. The van der Waals surface area contributed by atoms with Gasteiger partial charge in [0.05, 0.1) is 22.2 Å². The second-order valence-electron chi connectivity index (χ2n) is 9.77. The van der Waals surface area contributed by atoms with Crippen molar-refractivity contribution in [1.29, 1.82) is 0 Å². The van der Waals surface area contributed by atoms with E-state index in [1.54, 1.807) is 27.2 Å². The van der Waals surface area contributed by atoms with Gasteiger partial charge in [0, 0.05) is 32.4 Å². The molecule has 1 aromatic carbocycles. The summed E-state index contributed by atoms with van der Waals surface area (Å²) >= 11 is 0. The third kappa shape index (κ3) is 4.25. The molecule has 34 heavy (non-hydrogen) atoms. The summed E-state index contributed by atoms with van der Waals surface area (Å²) in [6.45, 7) is 6.65. The number of hydrogen-bond donors (Lipinski definition) is 0. The van der Waals surface area contributed by atoms with Gasteiger partial charge in [-0.25, -0.2) is 12.9 Å². The van der Waals surface area contributed by atoms with Crippen LogP contribution in [0.3, 0.4) is 0 Å². The van der Waals surface area contributed by atoms with Crippen LogP contribution in [-0.2, 0) is 10.0 Å². The molecule has 0 spiro atoms. The number of likely N-dealkylation sites (tertiary alicyclic amines) is 1. The van der Waals surface area contributed by atoms with Gasteiger partial charge in [-0.3, -0.25) is 4.79 Å². The van der Waals surface area contributed by atoms with Crippen LogP contribution in [0.2, 0.25) is 0 Å². The molecular weight excluding hydrogens is 448 g/mol. The smallest absolute Gasteiger partial charge is 0.257 e. The second kappa shape index (κ2) is 9.15. The molecule has 0 N–H and O–H groups in total. The van der Waals surface area contributed by atoms with Crippen LogP contribution in [0.15, 0.2) is 53.7 Å². The predicted molar refractivity (Wildman–Crippen MR) is 131 cm³/mol.